The van der Waals surface area contributed by atoms with Crippen molar-refractivity contribution in [3.05, 3.63) is 29.8 Å². The Morgan fingerprint density at radius 2 is 1.65 bits per heavy atom. The van der Waals surface area contributed by atoms with E-state index in [4.69, 9.17) is 4.74 Å². The van der Waals surface area contributed by atoms with E-state index in [1.807, 2.05) is 23.1 Å². The molecule has 0 atom stereocenters. The number of carbonyl (C=O) groups excluding carboxylic acids is 2. The van der Waals surface area contributed by atoms with E-state index in [1.165, 1.54) is 12.7 Å². The molecule has 0 saturated carbocycles. The SMILES string of the molecule is COC(=O)CN1CCN(CC(=O)N2CCc3ccccc32)CC1. The summed E-state index contributed by atoms with van der Waals surface area (Å²) in [5.41, 5.74) is 2.31. The number of rotatable bonds is 4. The molecule has 2 aliphatic rings. The topological polar surface area (TPSA) is 53.1 Å². The predicted molar refractivity (Wildman–Crippen MR) is 87.4 cm³/mol. The third-order valence-electron chi connectivity index (χ3n) is 4.59. The van der Waals surface area contributed by atoms with Gasteiger partial charge in [-0.1, -0.05) is 18.2 Å². The maximum Gasteiger partial charge on any atom is 0.319 e. The molecule has 6 nitrogen and oxygen atoms in total. The van der Waals surface area contributed by atoms with Crippen molar-refractivity contribution in [3.8, 4) is 0 Å². The standard InChI is InChI=1S/C17H23N3O3/c1-23-17(22)13-19-10-8-18(9-11-19)12-16(21)20-7-6-14-4-2-3-5-15(14)20/h2-5H,6-13H2,1H3. The van der Waals surface area contributed by atoms with Gasteiger partial charge in [-0.25, -0.2) is 0 Å². The molecule has 6 heteroatoms. The fourth-order valence-corrected chi connectivity index (χ4v) is 3.23. The Morgan fingerprint density at radius 1 is 1.00 bits per heavy atom. The monoisotopic (exact) mass is 317 g/mol. The number of piperazine rings is 1. The molecule has 124 valence electrons. The number of fused-ring (bicyclic) bond motifs is 1. The number of methoxy groups -OCH3 is 1. The minimum absolute atomic E-state index is 0.163. The highest BCUT2D eigenvalue weighted by atomic mass is 16.5. The summed E-state index contributed by atoms with van der Waals surface area (Å²) >= 11 is 0. The van der Waals surface area contributed by atoms with Crippen LogP contribution in [0.5, 0.6) is 0 Å². The van der Waals surface area contributed by atoms with Crippen LogP contribution >= 0.6 is 0 Å². The lowest BCUT2D eigenvalue weighted by atomic mass is 10.2. The van der Waals surface area contributed by atoms with Crippen LogP contribution in [0.2, 0.25) is 0 Å². The van der Waals surface area contributed by atoms with E-state index in [1.54, 1.807) is 0 Å². The fourth-order valence-electron chi connectivity index (χ4n) is 3.23. The first-order chi connectivity index (χ1) is 11.2. The number of benzene rings is 1. The van der Waals surface area contributed by atoms with Crippen molar-refractivity contribution in [1.29, 1.82) is 0 Å². The number of hydrogen-bond donors (Lipinski definition) is 0. The summed E-state index contributed by atoms with van der Waals surface area (Å²) in [7, 11) is 1.41. The minimum Gasteiger partial charge on any atom is -0.468 e. The molecule has 1 amide bonds. The van der Waals surface area contributed by atoms with E-state index in [-0.39, 0.29) is 11.9 Å². The van der Waals surface area contributed by atoms with Crippen LogP contribution in [0.1, 0.15) is 5.56 Å². The van der Waals surface area contributed by atoms with Crippen LogP contribution in [0.25, 0.3) is 0 Å². The molecule has 0 bridgehead atoms. The van der Waals surface area contributed by atoms with Gasteiger partial charge in [0.15, 0.2) is 0 Å². The fraction of sp³-hybridized carbons (Fsp3) is 0.529. The molecule has 0 unspecified atom stereocenters. The van der Waals surface area contributed by atoms with Crippen LogP contribution in [0.15, 0.2) is 24.3 Å². The van der Waals surface area contributed by atoms with Crippen molar-refractivity contribution in [3.63, 3.8) is 0 Å². The second-order valence-corrected chi connectivity index (χ2v) is 6.05. The zero-order valence-electron chi connectivity index (χ0n) is 13.5. The van der Waals surface area contributed by atoms with Gasteiger partial charge in [-0.15, -0.1) is 0 Å². The lowest BCUT2D eigenvalue weighted by Crippen LogP contribution is -2.51. The lowest BCUT2D eigenvalue weighted by molar-refractivity contribution is -0.142. The number of ether oxygens (including phenoxy) is 1. The smallest absolute Gasteiger partial charge is 0.319 e. The molecule has 0 radical (unpaired) electrons. The third kappa shape index (κ3) is 3.71. The second kappa shape index (κ2) is 7.10. The highest BCUT2D eigenvalue weighted by molar-refractivity contribution is 5.96. The summed E-state index contributed by atoms with van der Waals surface area (Å²) in [5.74, 6) is -0.0421. The van der Waals surface area contributed by atoms with E-state index in [2.05, 4.69) is 15.9 Å². The molecule has 2 heterocycles. The highest BCUT2D eigenvalue weighted by Crippen LogP contribution is 2.27. The summed E-state index contributed by atoms with van der Waals surface area (Å²) < 4.78 is 4.69. The summed E-state index contributed by atoms with van der Waals surface area (Å²) in [6.07, 6.45) is 0.939. The number of esters is 1. The molecular formula is C17H23N3O3. The van der Waals surface area contributed by atoms with Gasteiger partial charge in [0.1, 0.15) is 0 Å². The van der Waals surface area contributed by atoms with Gasteiger partial charge in [-0.3, -0.25) is 19.4 Å². The maximum absolute atomic E-state index is 12.6. The van der Waals surface area contributed by atoms with Crippen LogP contribution in [0, 0.1) is 0 Å². The van der Waals surface area contributed by atoms with Crippen LogP contribution in [-0.2, 0) is 20.7 Å². The Kier molecular flexibility index (Phi) is 4.93. The summed E-state index contributed by atoms with van der Waals surface area (Å²) in [5, 5.41) is 0. The Bertz CT molecular complexity index is 582. The normalized spacial score (nSPS) is 18.7. The quantitative estimate of drug-likeness (QED) is 0.751. The first-order valence-corrected chi connectivity index (χ1v) is 8.07. The number of amides is 1. The third-order valence-corrected chi connectivity index (χ3v) is 4.59. The van der Waals surface area contributed by atoms with Crippen molar-refractivity contribution < 1.29 is 14.3 Å². The molecule has 1 aromatic rings. The van der Waals surface area contributed by atoms with E-state index < -0.39 is 0 Å². The van der Waals surface area contributed by atoms with E-state index in [0.717, 1.165) is 44.8 Å². The zero-order chi connectivity index (χ0) is 16.2. The van der Waals surface area contributed by atoms with Gasteiger partial charge in [0, 0.05) is 38.4 Å². The van der Waals surface area contributed by atoms with Crippen molar-refractivity contribution in [2.24, 2.45) is 0 Å². The van der Waals surface area contributed by atoms with Gasteiger partial charge in [0.05, 0.1) is 20.2 Å². The predicted octanol–water partition coefficient (Wildman–Crippen LogP) is 0.366. The van der Waals surface area contributed by atoms with Gasteiger partial charge in [0.2, 0.25) is 5.91 Å². The zero-order valence-corrected chi connectivity index (χ0v) is 13.5. The van der Waals surface area contributed by atoms with Crippen LogP contribution in [0.3, 0.4) is 0 Å². The number of carbonyl (C=O) groups is 2. The maximum atomic E-state index is 12.6. The molecule has 0 aliphatic carbocycles. The van der Waals surface area contributed by atoms with E-state index in [0.29, 0.717) is 13.1 Å². The van der Waals surface area contributed by atoms with E-state index in [9.17, 15) is 9.59 Å². The minimum atomic E-state index is -0.205. The number of nitrogens with zero attached hydrogens (tertiary/aromatic N) is 3. The summed E-state index contributed by atoms with van der Waals surface area (Å²) in [6, 6.07) is 8.12. The first-order valence-electron chi connectivity index (χ1n) is 8.07. The van der Waals surface area contributed by atoms with Crippen molar-refractivity contribution in [1.82, 2.24) is 9.80 Å². The Labute approximate surface area is 136 Å². The summed E-state index contributed by atoms with van der Waals surface area (Å²) in [4.78, 5) is 30.0. The molecule has 0 spiro atoms. The molecule has 1 aromatic carbocycles. The van der Waals surface area contributed by atoms with Gasteiger partial charge in [-0.2, -0.15) is 0 Å². The van der Waals surface area contributed by atoms with Crippen molar-refractivity contribution in [2.75, 3.05) is 57.8 Å². The molecule has 0 aromatic heterocycles. The lowest BCUT2D eigenvalue weighted by Gasteiger charge is -2.34. The largest absolute Gasteiger partial charge is 0.468 e. The average Bonchev–Trinajstić information content (AvgIpc) is 3.00. The second-order valence-electron chi connectivity index (χ2n) is 6.05. The summed E-state index contributed by atoms with van der Waals surface area (Å²) in [6.45, 7) is 4.74. The van der Waals surface area contributed by atoms with Crippen molar-refractivity contribution >= 4 is 17.6 Å². The van der Waals surface area contributed by atoms with Crippen LogP contribution < -0.4 is 4.90 Å². The molecular weight excluding hydrogens is 294 g/mol. The molecule has 2 aliphatic heterocycles. The van der Waals surface area contributed by atoms with Crippen LogP contribution in [0.4, 0.5) is 5.69 Å². The first kappa shape index (κ1) is 16.0. The Morgan fingerprint density at radius 3 is 2.35 bits per heavy atom. The highest BCUT2D eigenvalue weighted by Gasteiger charge is 2.27. The molecule has 3 rings (SSSR count). The van der Waals surface area contributed by atoms with Crippen molar-refractivity contribution in [2.45, 2.75) is 6.42 Å². The van der Waals surface area contributed by atoms with Crippen LogP contribution in [-0.4, -0.2) is 74.6 Å². The van der Waals surface area contributed by atoms with Gasteiger partial charge < -0.3 is 9.64 Å². The average molecular weight is 317 g/mol. The van der Waals surface area contributed by atoms with Gasteiger partial charge >= 0.3 is 5.97 Å². The number of anilines is 1. The molecule has 0 N–H and O–H groups in total. The number of para-hydroxylation sites is 1. The molecule has 1 fully saturated rings. The number of hydrogen-bond acceptors (Lipinski definition) is 5. The van der Waals surface area contributed by atoms with E-state index >= 15 is 0 Å². The van der Waals surface area contributed by atoms with Gasteiger partial charge in [-0.05, 0) is 18.1 Å². The van der Waals surface area contributed by atoms with Gasteiger partial charge in [0.25, 0.3) is 0 Å². The molecule has 1 saturated heterocycles. The Hall–Kier alpha value is -1.92. The molecule has 23 heavy (non-hydrogen) atoms. The Balaban J connectivity index is 1.50.